The summed E-state index contributed by atoms with van der Waals surface area (Å²) in [6.07, 6.45) is 3.02. The first-order valence-corrected chi connectivity index (χ1v) is 8.63. The molecule has 0 bridgehead atoms. The topological polar surface area (TPSA) is 25.4 Å². The number of piperidine rings is 1. The van der Waals surface area contributed by atoms with E-state index >= 15 is 0 Å². The van der Waals surface area contributed by atoms with E-state index in [4.69, 9.17) is 4.74 Å². The van der Waals surface area contributed by atoms with E-state index in [1.807, 2.05) is 13.0 Å². The average molecular weight is 320 g/mol. The Balaban J connectivity index is 1.43. The molecule has 1 fully saturated rings. The van der Waals surface area contributed by atoms with Crippen LogP contribution in [0, 0.1) is 12.7 Å². The molecule has 0 saturated carbocycles. The minimum atomic E-state index is -0.274. The minimum Gasteiger partial charge on any atom is -0.487 e. The van der Waals surface area contributed by atoms with Crippen molar-refractivity contribution < 1.29 is 9.13 Å². The van der Waals surface area contributed by atoms with Gasteiger partial charge in [0.1, 0.15) is 6.10 Å². The second-order valence-electron chi connectivity index (χ2n) is 5.70. The quantitative estimate of drug-likeness (QED) is 0.840. The van der Waals surface area contributed by atoms with Gasteiger partial charge in [-0.3, -0.25) is 0 Å². The van der Waals surface area contributed by atoms with Crippen molar-refractivity contribution in [1.82, 2.24) is 9.88 Å². The molecule has 0 radical (unpaired) electrons. The number of ether oxygens (including phenoxy) is 1. The van der Waals surface area contributed by atoms with Crippen LogP contribution in [0.15, 0.2) is 29.6 Å². The van der Waals surface area contributed by atoms with E-state index in [-0.39, 0.29) is 11.9 Å². The predicted octanol–water partition coefficient (Wildman–Crippen LogP) is 3.68. The zero-order chi connectivity index (χ0) is 15.4. The van der Waals surface area contributed by atoms with Crippen molar-refractivity contribution in [3.63, 3.8) is 0 Å². The van der Waals surface area contributed by atoms with E-state index in [9.17, 15) is 4.39 Å². The second kappa shape index (κ2) is 7.20. The van der Waals surface area contributed by atoms with Crippen LogP contribution in [-0.2, 0) is 6.42 Å². The maximum absolute atomic E-state index is 13.6. The van der Waals surface area contributed by atoms with Crippen molar-refractivity contribution >= 4 is 11.3 Å². The Morgan fingerprint density at radius 1 is 1.32 bits per heavy atom. The van der Waals surface area contributed by atoms with E-state index in [2.05, 4.69) is 15.3 Å². The van der Waals surface area contributed by atoms with Crippen LogP contribution in [0.4, 0.5) is 4.39 Å². The summed E-state index contributed by atoms with van der Waals surface area (Å²) in [5, 5.41) is 3.27. The van der Waals surface area contributed by atoms with Crippen LogP contribution in [0.2, 0.25) is 0 Å². The number of rotatable bonds is 5. The van der Waals surface area contributed by atoms with Crippen LogP contribution in [0.1, 0.15) is 23.5 Å². The van der Waals surface area contributed by atoms with Gasteiger partial charge in [-0.05, 0) is 31.9 Å². The maximum Gasteiger partial charge on any atom is 0.165 e. The third-order valence-electron chi connectivity index (χ3n) is 4.02. The number of aryl methyl sites for hydroxylation is 1. The lowest BCUT2D eigenvalue weighted by molar-refractivity contribution is 0.0977. The van der Waals surface area contributed by atoms with Gasteiger partial charge in [0.05, 0.1) is 10.7 Å². The molecule has 1 saturated heterocycles. The Bertz CT molecular complexity index is 608. The van der Waals surface area contributed by atoms with Crippen LogP contribution in [0.5, 0.6) is 5.75 Å². The Hall–Kier alpha value is -1.46. The average Bonchev–Trinajstić information content (AvgIpc) is 2.94. The standard InChI is InChI=1S/C17H21FN2OS/c1-13-19-14(12-22-13)6-9-20-10-7-15(8-11-20)21-17-5-3-2-4-16(17)18/h2-5,12,15H,6-11H2,1H3. The molecule has 0 spiro atoms. The van der Waals surface area contributed by atoms with E-state index < -0.39 is 0 Å². The molecule has 3 nitrogen and oxygen atoms in total. The Morgan fingerprint density at radius 3 is 2.77 bits per heavy atom. The van der Waals surface area contributed by atoms with Gasteiger partial charge in [0.2, 0.25) is 0 Å². The summed E-state index contributed by atoms with van der Waals surface area (Å²) in [6.45, 7) is 5.08. The lowest BCUT2D eigenvalue weighted by atomic mass is 10.1. The first kappa shape index (κ1) is 15.4. The SMILES string of the molecule is Cc1nc(CCN2CCC(Oc3ccccc3F)CC2)cs1. The van der Waals surface area contributed by atoms with Gasteiger partial charge in [-0.1, -0.05) is 12.1 Å². The largest absolute Gasteiger partial charge is 0.487 e. The minimum absolute atomic E-state index is 0.120. The molecule has 2 aromatic rings. The highest BCUT2D eigenvalue weighted by atomic mass is 32.1. The van der Waals surface area contributed by atoms with Crippen molar-refractivity contribution in [3.05, 3.63) is 46.2 Å². The molecule has 1 aromatic carbocycles. The van der Waals surface area contributed by atoms with Gasteiger partial charge >= 0.3 is 0 Å². The zero-order valence-corrected chi connectivity index (χ0v) is 13.6. The number of halogens is 1. The van der Waals surface area contributed by atoms with Crippen LogP contribution in [0.25, 0.3) is 0 Å². The Labute approximate surface area is 134 Å². The number of nitrogens with zero attached hydrogens (tertiary/aromatic N) is 2. The van der Waals surface area contributed by atoms with Crippen LogP contribution in [-0.4, -0.2) is 35.6 Å². The van der Waals surface area contributed by atoms with E-state index in [0.717, 1.165) is 43.9 Å². The van der Waals surface area contributed by atoms with Gasteiger partial charge in [-0.25, -0.2) is 9.37 Å². The number of benzene rings is 1. The molecule has 0 amide bonds. The van der Waals surface area contributed by atoms with E-state index in [1.165, 1.54) is 11.8 Å². The second-order valence-corrected chi connectivity index (χ2v) is 6.76. The summed E-state index contributed by atoms with van der Waals surface area (Å²) in [4.78, 5) is 6.94. The summed E-state index contributed by atoms with van der Waals surface area (Å²) in [7, 11) is 0. The lowest BCUT2D eigenvalue weighted by Gasteiger charge is -2.32. The van der Waals surface area contributed by atoms with Crippen molar-refractivity contribution in [1.29, 1.82) is 0 Å². The van der Waals surface area contributed by atoms with E-state index in [1.54, 1.807) is 23.5 Å². The molecule has 1 aromatic heterocycles. The molecule has 0 unspecified atom stereocenters. The summed E-state index contributed by atoms with van der Waals surface area (Å²) < 4.78 is 19.4. The Kier molecular flexibility index (Phi) is 5.05. The van der Waals surface area contributed by atoms with Crippen molar-refractivity contribution in [2.24, 2.45) is 0 Å². The highest BCUT2D eigenvalue weighted by Crippen LogP contribution is 2.22. The first-order valence-electron chi connectivity index (χ1n) is 7.75. The lowest BCUT2D eigenvalue weighted by Crippen LogP contribution is -2.39. The molecule has 2 heterocycles. The van der Waals surface area contributed by atoms with Gasteiger partial charge in [-0.2, -0.15) is 0 Å². The number of para-hydroxylation sites is 1. The van der Waals surface area contributed by atoms with Gasteiger partial charge in [0.25, 0.3) is 0 Å². The summed E-state index contributed by atoms with van der Waals surface area (Å²) >= 11 is 1.71. The highest BCUT2D eigenvalue weighted by molar-refractivity contribution is 7.09. The Morgan fingerprint density at radius 2 is 2.09 bits per heavy atom. The monoisotopic (exact) mass is 320 g/mol. The van der Waals surface area contributed by atoms with Crippen LogP contribution < -0.4 is 4.74 Å². The molecule has 0 N–H and O–H groups in total. The molecule has 118 valence electrons. The molecule has 5 heteroatoms. The smallest absolute Gasteiger partial charge is 0.165 e. The third kappa shape index (κ3) is 4.05. The van der Waals surface area contributed by atoms with Crippen molar-refractivity contribution in [2.75, 3.05) is 19.6 Å². The fourth-order valence-electron chi connectivity index (χ4n) is 2.77. The number of hydrogen-bond acceptors (Lipinski definition) is 4. The molecule has 1 aliphatic heterocycles. The number of likely N-dealkylation sites (tertiary alicyclic amines) is 1. The van der Waals surface area contributed by atoms with Gasteiger partial charge in [0, 0.05) is 31.4 Å². The summed E-state index contributed by atoms with van der Waals surface area (Å²) in [6, 6.07) is 6.64. The summed E-state index contributed by atoms with van der Waals surface area (Å²) in [5.41, 5.74) is 1.19. The molecule has 1 aliphatic rings. The zero-order valence-electron chi connectivity index (χ0n) is 12.8. The maximum atomic E-state index is 13.6. The van der Waals surface area contributed by atoms with Crippen LogP contribution >= 0.6 is 11.3 Å². The molecular weight excluding hydrogens is 299 g/mol. The molecule has 0 atom stereocenters. The fraction of sp³-hybridized carbons (Fsp3) is 0.471. The molecule has 0 aliphatic carbocycles. The van der Waals surface area contributed by atoms with Gasteiger partial charge in [0.15, 0.2) is 11.6 Å². The first-order chi connectivity index (χ1) is 10.7. The molecule has 3 rings (SSSR count). The van der Waals surface area contributed by atoms with E-state index in [0.29, 0.717) is 5.75 Å². The number of hydrogen-bond donors (Lipinski definition) is 0. The third-order valence-corrected chi connectivity index (χ3v) is 4.84. The van der Waals surface area contributed by atoms with Crippen molar-refractivity contribution in [3.8, 4) is 5.75 Å². The van der Waals surface area contributed by atoms with Gasteiger partial charge < -0.3 is 9.64 Å². The van der Waals surface area contributed by atoms with Crippen LogP contribution in [0.3, 0.4) is 0 Å². The van der Waals surface area contributed by atoms with Crippen molar-refractivity contribution in [2.45, 2.75) is 32.3 Å². The fourth-order valence-corrected chi connectivity index (χ4v) is 3.41. The molecular formula is C17H21FN2OS. The number of aromatic nitrogens is 1. The molecule has 22 heavy (non-hydrogen) atoms. The summed E-state index contributed by atoms with van der Waals surface area (Å²) in [5.74, 6) is 0.0997. The predicted molar refractivity (Wildman–Crippen MR) is 87.0 cm³/mol. The normalized spacial score (nSPS) is 16.8. The highest BCUT2D eigenvalue weighted by Gasteiger charge is 2.21. The number of thiazole rings is 1. The van der Waals surface area contributed by atoms with Gasteiger partial charge in [-0.15, -0.1) is 11.3 Å².